The van der Waals surface area contributed by atoms with E-state index in [1.807, 2.05) is 60.3 Å². The van der Waals surface area contributed by atoms with Gasteiger partial charge in [0.1, 0.15) is 4.83 Å². The highest BCUT2D eigenvalue weighted by atomic mass is 32.1. The molecule has 0 unspecified atom stereocenters. The van der Waals surface area contributed by atoms with Crippen LogP contribution in [0.1, 0.15) is 27.9 Å². The van der Waals surface area contributed by atoms with Crippen molar-refractivity contribution in [1.82, 2.24) is 14.8 Å². The van der Waals surface area contributed by atoms with Crippen molar-refractivity contribution in [2.45, 2.75) is 20.8 Å². The maximum Gasteiger partial charge on any atom is 0.270 e. The lowest BCUT2D eigenvalue weighted by Gasteiger charge is -2.16. The second-order valence-corrected chi connectivity index (χ2v) is 9.46. The van der Waals surface area contributed by atoms with E-state index in [1.165, 1.54) is 28.2 Å². The van der Waals surface area contributed by atoms with Crippen molar-refractivity contribution in [3.63, 3.8) is 0 Å². The number of carbonyl (C=O) groups excluding carboxylic acids is 1. The Hall–Kier alpha value is -3.29. The van der Waals surface area contributed by atoms with Crippen molar-refractivity contribution in [3.05, 3.63) is 82.2 Å². The van der Waals surface area contributed by atoms with Gasteiger partial charge in [-0.1, -0.05) is 48.0 Å². The Balaban J connectivity index is 1.48. The number of aryl methyl sites for hydroxylation is 2. The van der Waals surface area contributed by atoms with E-state index in [0.29, 0.717) is 16.6 Å². The van der Waals surface area contributed by atoms with Gasteiger partial charge in [0.2, 0.25) is 0 Å². The number of rotatable bonds is 5. The molecule has 160 valence electrons. The summed E-state index contributed by atoms with van der Waals surface area (Å²) in [5, 5.41) is 8.42. The summed E-state index contributed by atoms with van der Waals surface area (Å²) in [4.78, 5) is 21.7. The van der Waals surface area contributed by atoms with Gasteiger partial charge in [0.15, 0.2) is 5.13 Å². The maximum absolute atomic E-state index is 13.5. The average molecular weight is 459 g/mol. The molecule has 0 aliphatic rings. The largest absolute Gasteiger partial charge is 0.284 e. The quantitative estimate of drug-likeness (QED) is 0.302. The molecule has 0 N–H and O–H groups in total. The second-order valence-electron chi connectivity index (χ2n) is 7.59. The summed E-state index contributed by atoms with van der Waals surface area (Å²) in [5.41, 5.74) is 5.06. The second kappa shape index (κ2) is 8.33. The molecule has 5 aromatic rings. The van der Waals surface area contributed by atoms with Gasteiger partial charge in [0, 0.05) is 22.9 Å². The summed E-state index contributed by atoms with van der Waals surface area (Å²) in [6, 6.07) is 20.3. The molecule has 7 heteroatoms. The fourth-order valence-corrected chi connectivity index (χ4v) is 5.67. The molecule has 0 spiro atoms. The first-order chi connectivity index (χ1) is 15.5. The number of thiophene rings is 1. The summed E-state index contributed by atoms with van der Waals surface area (Å²) >= 11 is 2.97. The molecule has 3 aromatic heterocycles. The van der Waals surface area contributed by atoms with Crippen LogP contribution in [0.2, 0.25) is 0 Å². The monoisotopic (exact) mass is 458 g/mol. The van der Waals surface area contributed by atoms with Gasteiger partial charge in [-0.3, -0.25) is 9.69 Å². The number of aromatic nitrogens is 3. The zero-order chi connectivity index (χ0) is 22.2. The number of thiazole rings is 1. The molecule has 1 amide bonds. The first kappa shape index (κ1) is 20.6. The molecular formula is C25H22N4OS2. The number of carbonyl (C=O) groups is 1. The summed E-state index contributed by atoms with van der Waals surface area (Å²) in [7, 11) is 0. The van der Waals surface area contributed by atoms with Gasteiger partial charge in [0.05, 0.1) is 22.0 Å². The minimum atomic E-state index is -0.0301. The number of benzene rings is 2. The van der Waals surface area contributed by atoms with Gasteiger partial charge >= 0.3 is 0 Å². The van der Waals surface area contributed by atoms with E-state index in [2.05, 4.69) is 36.3 Å². The van der Waals surface area contributed by atoms with E-state index in [-0.39, 0.29) is 5.91 Å². The molecule has 0 atom stereocenters. The zero-order valence-corrected chi connectivity index (χ0v) is 19.7. The Morgan fingerprint density at radius 2 is 1.81 bits per heavy atom. The number of hydrogen-bond donors (Lipinski definition) is 0. The van der Waals surface area contributed by atoms with Crippen molar-refractivity contribution >= 4 is 43.9 Å². The highest BCUT2D eigenvalue weighted by Gasteiger charge is 2.23. The van der Waals surface area contributed by atoms with Gasteiger partial charge in [0.25, 0.3) is 5.91 Å². The summed E-state index contributed by atoms with van der Waals surface area (Å²) < 4.78 is 1.92. The molecule has 0 radical (unpaired) electrons. The van der Waals surface area contributed by atoms with Crippen molar-refractivity contribution in [3.8, 4) is 16.9 Å². The molecule has 2 aromatic carbocycles. The Labute approximate surface area is 194 Å². The summed E-state index contributed by atoms with van der Waals surface area (Å²) in [6.45, 7) is 6.58. The molecule has 0 fully saturated rings. The Bertz CT molecular complexity index is 1400. The lowest BCUT2D eigenvalue weighted by atomic mass is 10.1. The summed E-state index contributed by atoms with van der Waals surface area (Å²) in [5.74, 6) is -0.0301. The maximum atomic E-state index is 13.5. The first-order valence-electron chi connectivity index (χ1n) is 10.4. The van der Waals surface area contributed by atoms with E-state index in [9.17, 15) is 4.79 Å². The summed E-state index contributed by atoms with van der Waals surface area (Å²) in [6.07, 6.45) is 0. The third-order valence-corrected chi connectivity index (χ3v) is 7.35. The van der Waals surface area contributed by atoms with Crippen LogP contribution in [0, 0.1) is 13.8 Å². The van der Waals surface area contributed by atoms with Crippen LogP contribution in [-0.4, -0.2) is 27.2 Å². The predicted octanol–water partition coefficient (Wildman–Crippen LogP) is 6.49. The Morgan fingerprint density at radius 1 is 1.06 bits per heavy atom. The smallest absolute Gasteiger partial charge is 0.270 e. The van der Waals surface area contributed by atoms with Crippen LogP contribution in [0.25, 0.3) is 27.2 Å². The highest BCUT2D eigenvalue weighted by Crippen LogP contribution is 2.33. The van der Waals surface area contributed by atoms with Gasteiger partial charge < -0.3 is 0 Å². The minimum absolute atomic E-state index is 0.0301. The third-order valence-electron chi connectivity index (χ3n) is 5.39. The standard InChI is InChI=1S/C25H22N4OS2/c1-4-28(25-26-21(15-31-25)18-12-10-16(2)11-13-18)23(30)22-14-20-17(3)27-29(24(20)32-22)19-8-6-5-7-9-19/h5-15H,4H2,1-3H3. The molecule has 3 heterocycles. The van der Waals surface area contributed by atoms with Crippen LogP contribution in [0.15, 0.2) is 66.0 Å². The van der Waals surface area contributed by atoms with E-state index in [0.717, 1.165) is 32.9 Å². The van der Waals surface area contributed by atoms with Crippen molar-refractivity contribution < 1.29 is 4.79 Å². The Morgan fingerprint density at radius 3 is 2.53 bits per heavy atom. The van der Waals surface area contributed by atoms with E-state index >= 15 is 0 Å². The SMILES string of the molecule is CCN(C(=O)c1cc2c(C)nn(-c3ccccc3)c2s1)c1nc(-c2ccc(C)cc2)cs1. The van der Waals surface area contributed by atoms with Crippen LogP contribution in [0.4, 0.5) is 5.13 Å². The molecule has 0 saturated carbocycles. The van der Waals surface area contributed by atoms with E-state index < -0.39 is 0 Å². The fourth-order valence-electron chi connectivity index (χ4n) is 3.64. The van der Waals surface area contributed by atoms with Crippen LogP contribution in [0.3, 0.4) is 0 Å². The van der Waals surface area contributed by atoms with Crippen LogP contribution in [0.5, 0.6) is 0 Å². The average Bonchev–Trinajstić information content (AvgIpc) is 3.53. The van der Waals surface area contributed by atoms with E-state index in [4.69, 9.17) is 4.98 Å². The first-order valence-corrected chi connectivity index (χ1v) is 12.1. The van der Waals surface area contributed by atoms with Gasteiger partial charge in [-0.2, -0.15) is 5.10 Å². The number of amides is 1. The zero-order valence-electron chi connectivity index (χ0n) is 18.1. The lowest BCUT2D eigenvalue weighted by molar-refractivity contribution is 0.0992. The van der Waals surface area contributed by atoms with Gasteiger partial charge in [-0.05, 0) is 39.0 Å². The van der Waals surface area contributed by atoms with Gasteiger partial charge in [-0.25, -0.2) is 9.67 Å². The molecule has 0 aliphatic carbocycles. The fraction of sp³-hybridized carbons (Fsp3) is 0.160. The normalized spacial score (nSPS) is 11.2. The van der Waals surface area contributed by atoms with Crippen LogP contribution >= 0.6 is 22.7 Å². The molecule has 0 aliphatic heterocycles. The van der Waals surface area contributed by atoms with E-state index in [1.54, 1.807) is 4.90 Å². The molecule has 5 rings (SSSR count). The van der Waals surface area contributed by atoms with Crippen molar-refractivity contribution in [1.29, 1.82) is 0 Å². The number of hydrogen-bond acceptors (Lipinski definition) is 5. The molecule has 32 heavy (non-hydrogen) atoms. The molecule has 0 bridgehead atoms. The van der Waals surface area contributed by atoms with Crippen molar-refractivity contribution in [2.75, 3.05) is 11.4 Å². The van der Waals surface area contributed by atoms with Gasteiger partial charge in [-0.15, -0.1) is 22.7 Å². The highest BCUT2D eigenvalue weighted by molar-refractivity contribution is 7.20. The third kappa shape index (κ3) is 3.63. The number of para-hydroxylation sites is 1. The molecular weight excluding hydrogens is 436 g/mol. The van der Waals surface area contributed by atoms with Crippen LogP contribution in [-0.2, 0) is 0 Å². The Kier molecular flexibility index (Phi) is 5.36. The topological polar surface area (TPSA) is 51.0 Å². The number of fused-ring (bicyclic) bond motifs is 1. The minimum Gasteiger partial charge on any atom is -0.284 e. The number of nitrogens with zero attached hydrogens (tertiary/aromatic N) is 4. The number of anilines is 1. The predicted molar refractivity (Wildman–Crippen MR) is 133 cm³/mol. The molecule has 0 saturated heterocycles. The van der Waals surface area contributed by atoms with Crippen LogP contribution < -0.4 is 4.90 Å². The van der Waals surface area contributed by atoms with Crippen molar-refractivity contribution in [2.24, 2.45) is 0 Å². The molecule has 5 nitrogen and oxygen atoms in total. The lowest BCUT2D eigenvalue weighted by Crippen LogP contribution is -2.29.